The van der Waals surface area contributed by atoms with Crippen LogP contribution in [0.5, 0.6) is 5.75 Å². The highest BCUT2D eigenvalue weighted by Crippen LogP contribution is 2.24. The summed E-state index contributed by atoms with van der Waals surface area (Å²) in [6.07, 6.45) is 2.71. The molecule has 0 radical (unpaired) electrons. The summed E-state index contributed by atoms with van der Waals surface area (Å²) < 4.78 is 33.0. The summed E-state index contributed by atoms with van der Waals surface area (Å²) in [5, 5.41) is 2.81. The van der Waals surface area contributed by atoms with Gasteiger partial charge in [0.1, 0.15) is 5.75 Å². The molecule has 7 heteroatoms. The van der Waals surface area contributed by atoms with Crippen LogP contribution in [-0.2, 0) is 10.0 Å². The molecule has 0 saturated carbocycles. The lowest BCUT2D eigenvalue weighted by atomic mass is 10.0. The number of carbonyl (C=O) groups excluding carboxylic acids is 1. The van der Waals surface area contributed by atoms with Gasteiger partial charge in [-0.3, -0.25) is 4.79 Å². The molecular weight excluding hydrogens is 400 g/mol. The average Bonchev–Trinajstić information content (AvgIpc) is 2.74. The second-order valence-electron chi connectivity index (χ2n) is 7.93. The molecule has 1 unspecified atom stereocenters. The molecule has 162 valence electrons. The van der Waals surface area contributed by atoms with Crippen molar-refractivity contribution >= 4 is 21.6 Å². The lowest BCUT2D eigenvalue weighted by molar-refractivity contribution is 0.102. The van der Waals surface area contributed by atoms with E-state index >= 15 is 0 Å². The first-order chi connectivity index (χ1) is 14.3. The van der Waals surface area contributed by atoms with Crippen molar-refractivity contribution in [3.05, 3.63) is 54.1 Å². The number of benzene rings is 2. The van der Waals surface area contributed by atoms with Crippen LogP contribution in [0.4, 0.5) is 5.69 Å². The summed E-state index contributed by atoms with van der Waals surface area (Å²) in [7, 11) is -3.50. The Labute approximate surface area is 179 Å². The molecule has 0 bridgehead atoms. The molecule has 1 atom stereocenters. The second kappa shape index (κ2) is 9.62. The number of nitrogens with zero attached hydrogens (tertiary/aromatic N) is 1. The third-order valence-electron chi connectivity index (χ3n) is 5.50. The van der Waals surface area contributed by atoms with E-state index in [4.69, 9.17) is 4.74 Å². The predicted molar refractivity (Wildman–Crippen MR) is 118 cm³/mol. The Bertz CT molecular complexity index is 965. The molecule has 1 saturated heterocycles. The van der Waals surface area contributed by atoms with Gasteiger partial charge in [-0.05, 0) is 74.6 Å². The van der Waals surface area contributed by atoms with E-state index in [0.29, 0.717) is 36.0 Å². The minimum absolute atomic E-state index is 0.0703. The fraction of sp³-hybridized carbons (Fsp3) is 0.435. The Balaban J connectivity index is 1.67. The van der Waals surface area contributed by atoms with Crippen molar-refractivity contribution in [2.24, 2.45) is 5.92 Å². The molecule has 2 aromatic rings. The molecule has 6 nitrogen and oxygen atoms in total. The highest BCUT2D eigenvalue weighted by Gasteiger charge is 2.27. The minimum atomic E-state index is -3.50. The number of ether oxygens (including phenoxy) is 1. The van der Waals surface area contributed by atoms with E-state index in [0.717, 1.165) is 19.3 Å². The van der Waals surface area contributed by atoms with Crippen LogP contribution in [0.3, 0.4) is 0 Å². The van der Waals surface area contributed by atoms with Gasteiger partial charge in [0.05, 0.1) is 11.0 Å². The smallest absolute Gasteiger partial charge is 0.255 e. The summed E-state index contributed by atoms with van der Waals surface area (Å²) in [4.78, 5) is 12.8. The number of carbonyl (C=O) groups is 1. The van der Waals surface area contributed by atoms with Crippen LogP contribution in [0.1, 0.15) is 50.4 Å². The summed E-state index contributed by atoms with van der Waals surface area (Å²) >= 11 is 0. The number of hydrogen-bond acceptors (Lipinski definition) is 4. The largest absolute Gasteiger partial charge is 0.491 e. The number of anilines is 1. The molecule has 0 spiro atoms. The second-order valence-corrected chi connectivity index (χ2v) is 9.87. The van der Waals surface area contributed by atoms with Gasteiger partial charge in [0, 0.05) is 24.3 Å². The van der Waals surface area contributed by atoms with Gasteiger partial charge < -0.3 is 10.1 Å². The van der Waals surface area contributed by atoms with Gasteiger partial charge in [-0.15, -0.1) is 0 Å². The first-order valence-corrected chi connectivity index (χ1v) is 11.9. The predicted octanol–water partition coefficient (Wildman–Crippen LogP) is 4.54. The van der Waals surface area contributed by atoms with Crippen LogP contribution >= 0.6 is 0 Å². The van der Waals surface area contributed by atoms with Gasteiger partial charge in [-0.25, -0.2) is 8.42 Å². The fourth-order valence-electron chi connectivity index (χ4n) is 3.31. The standard InChI is InChI=1S/C23H30N2O4S/c1-4-18(3)29-21-7-5-6-19(16-21)23(26)24-20-8-10-22(11-9-20)30(27,28)25-14-12-17(2)13-15-25/h5-11,16-18H,4,12-15H2,1-3H3,(H,24,26). The maximum absolute atomic E-state index is 12.8. The average molecular weight is 431 g/mol. The highest BCUT2D eigenvalue weighted by molar-refractivity contribution is 7.89. The normalized spacial score (nSPS) is 16.8. The zero-order valence-electron chi connectivity index (χ0n) is 17.8. The van der Waals surface area contributed by atoms with Crippen molar-refractivity contribution in [1.82, 2.24) is 4.31 Å². The topological polar surface area (TPSA) is 75.7 Å². The SMILES string of the molecule is CCC(C)Oc1cccc(C(=O)Nc2ccc(S(=O)(=O)N3CCC(C)CC3)cc2)c1. The molecule has 3 rings (SSSR count). The molecule has 1 N–H and O–H groups in total. The van der Waals surface area contributed by atoms with Gasteiger partial charge in [-0.2, -0.15) is 4.31 Å². The van der Waals surface area contributed by atoms with Gasteiger partial charge in [-0.1, -0.05) is 19.9 Å². The lowest BCUT2D eigenvalue weighted by Crippen LogP contribution is -2.37. The zero-order valence-corrected chi connectivity index (χ0v) is 18.6. The molecule has 1 aliphatic heterocycles. The zero-order chi connectivity index (χ0) is 21.7. The Morgan fingerprint density at radius 1 is 1.17 bits per heavy atom. The van der Waals surface area contributed by atoms with Crippen molar-refractivity contribution in [3.8, 4) is 5.75 Å². The number of piperidine rings is 1. The number of sulfonamides is 1. The van der Waals surface area contributed by atoms with Crippen molar-refractivity contribution in [1.29, 1.82) is 0 Å². The summed E-state index contributed by atoms with van der Waals surface area (Å²) in [6, 6.07) is 13.4. The monoisotopic (exact) mass is 430 g/mol. The Kier molecular flexibility index (Phi) is 7.15. The Morgan fingerprint density at radius 3 is 2.47 bits per heavy atom. The molecule has 1 fully saturated rings. The minimum Gasteiger partial charge on any atom is -0.491 e. The van der Waals surface area contributed by atoms with Crippen LogP contribution in [0.2, 0.25) is 0 Å². The van der Waals surface area contributed by atoms with Crippen molar-refractivity contribution in [2.75, 3.05) is 18.4 Å². The summed E-state index contributed by atoms with van der Waals surface area (Å²) in [5.41, 5.74) is 1.02. The van der Waals surface area contributed by atoms with Crippen LogP contribution in [-0.4, -0.2) is 37.8 Å². The Morgan fingerprint density at radius 2 is 1.83 bits per heavy atom. The molecular formula is C23H30N2O4S. The van der Waals surface area contributed by atoms with Crippen molar-refractivity contribution in [2.45, 2.75) is 51.0 Å². The van der Waals surface area contributed by atoms with E-state index in [-0.39, 0.29) is 16.9 Å². The van der Waals surface area contributed by atoms with E-state index in [9.17, 15) is 13.2 Å². The number of rotatable bonds is 7. The fourth-order valence-corrected chi connectivity index (χ4v) is 4.78. The van der Waals surface area contributed by atoms with Crippen LogP contribution in [0, 0.1) is 5.92 Å². The van der Waals surface area contributed by atoms with Gasteiger partial charge in [0.2, 0.25) is 10.0 Å². The molecule has 0 aromatic heterocycles. The molecule has 1 aliphatic rings. The Hall–Kier alpha value is -2.38. The van der Waals surface area contributed by atoms with E-state index in [2.05, 4.69) is 12.2 Å². The number of nitrogens with one attached hydrogen (secondary N) is 1. The van der Waals surface area contributed by atoms with E-state index < -0.39 is 10.0 Å². The third-order valence-corrected chi connectivity index (χ3v) is 7.41. The molecule has 0 aliphatic carbocycles. The van der Waals surface area contributed by atoms with Gasteiger partial charge >= 0.3 is 0 Å². The molecule has 1 heterocycles. The van der Waals surface area contributed by atoms with Crippen LogP contribution in [0.25, 0.3) is 0 Å². The number of amides is 1. The highest BCUT2D eigenvalue weighted by atomic mass is 32.2. The van der Waals surface area contributed by atoms with E-state index in [1.807, 2.05) is 19.9 Å². The van der Waals surface area contributed by atoms with E-state index in [1.165, 1.54) is 0 Å². The lowest BCUT2D eigenvalue weighted by Gasteiger charge is -2.29. The molecule has 1 amide bonds. The summed E-state index contributed by atoms with van der Waals surface area (Å²) in [6.45, 7) is 7.27. The van der Waals surface area contributed by atoms with Gasteiger partial charge in [0.15, 0.2) is 0 Å². The molecule has 30 heavy (non-hydrogen) atoms. The first-order valence-electron chi connectivity index (χ1n) is 10.5. The quantitative estimate of drug-likeness (QED) is 0.700. The number of hydrogen-bond donors (Lipinski definition) is 1. The maximum atomic E-state index is 12.8. The molecule has 2 aromatic carbocycles. The first kappa shape index (κ1) is 22.3. The van der Waals surface area contributed by atoms with Crippen molar-refractivity contribution < 1.29 is 17.9 Å². The van der Waals surface area contributed by atoms with E-state index in [1.54, 1.807) is 46.8 Å². The summed E-state index contributed by atoms with van der Waals surface area (Å²) in [5.74, 6) is 0.933. The van der Waals surface area contributed by atoms with Crippen LogP contribution in [0.15, 0.2) is 53.4 Å². The maximum Gasteiger partial charge on any atom is 0.255 e. The van der Waals surface area contributed by atoms with Crippen LogP contribution < -0.4 is 10.1 Å². The van der Waals surface area contributed by atoms with Crippen molar-refractivity contribution in [3.63, 3.8) is 0 Å². The third kappa shape index (κ3) is 5.40. The van der Waals surface area contributed by atoms with Gasteiger partial charge in [0.25, 0.3) is 5.91 Å².